The van der Waals surface area contributed by atoms with E-state index in [0.29, 0.717) is 5.82 Å². The van der Waals surface area contributed by atoms with Crippen LogP contribution in [0.2, 0.25) is 5.02 Å². The Balaban J connectivity index is 1.77. The summed E-state index contributed by atoms with van der Waals surface area (Å²) in [5.41, 5.74) is 1.11. The third-order valence-corrected chi connectivity index (χ3v) is 5.84. The molecule has 1 aromatic carbocycles. The van der Waals surface area contributed by atoms with Gasteiger partial charge in [-0.25, -0.2) is 13.1 Å². The maximum atomic E-state index is 11.8. The lowest BCUT2D eigenvalue weighted by atomic mass is 10.1. The average Bonchev–Trinajstić information content (AvgIpc) is 2.88. The van der Waals surface area contributed by atoms with E-state index in [0.717, 1.165) is 49.0 Å². The van der Waals surface area contributed by atoms with Crippen molar-refractivity contribution in [3.05, 3.63) is 46.5 Å². The van der Waals surface area contributed by atoms with Crippen molar-refractivity contribution in [3.63, 3.8) is 0 Å². The molecule has 0 fully saturated rings. The Morgan fingerprint density at radius 2 is 1.93 bits per heavy atom. The summed E-state index contributed by atoms with van der Waals surface area (Å²) >= 11 is 6.30. The quantitative estimate of drug-likeness (QED) is 0.788. The van der Waals surface area contributed by atoms with Crippen molar-refractivity contribution < 1.29 is 8.42 Å². The number of sulfonamides is 1. The predicted molar refractivity (Wildman–Crippen MR) is 106 cm³/mol. The summed E-state index contributed by atoms with van der Waals surface area (Å²) < 4.78 is 28.3. The molecule has 9 heteroatoms. The summed E-state index contributed by atoms with van der Waals surface area (Å²) in [6.07, 6.45) is 1.94. The fourth-order valence-corrected chi connectivity index (χ4v) is 4.40. The van der Waals surface area contributed by atoms with Crippen molar-refractivity contribution in [2.45, 2.75) is 39.4 Å². The zero-order valence-electron chi connectivity index (χ0n) is 15.9. The fraction of sp³-hybridized carbons (Fsp3) is 0.556. The second-order valence-corrected chi connectivity index (χ2v) is 9.54. The van der Waals surface area contributed by atoms with E-state index in [9.17, 15) is 8.42 Å². The molecule has 0 saturated carbocycles. The number of rotatable bonds is 6. The Kier molecular flexibility index (Phi) is 6.20. The van der Waals surface area contributed by atoms with Crippen molar-refractivity contribution in [1.82, 2.24) is 24.4 Å². The Labute approximate surface area is 165 Å². The first-order valence-corrected chi connectivity index (χ1v) is 11.4. The van der Waals surface area contributed by atoms with E-state index in [1.54, 1.807) is 0 Å². The second kappa shape index (κ2) is 8.26. The maximum Gasteiger partial charge on any atom is 0.209 e. The van der Waals surface area contributed by atoms with Crippen LogP contribution in [0.4, 0.5) is 0 Å². The molecule has 0 aliphatic carbocycles. The molecule has 0 saturated heterocycles. The van der Waals surface area contributed by atoms with Crippen LogP contribution in [0.1, 0.15) is 37.1 Å². The molecular formula is C18H26ClN5O2S. The van der Waals surface area contributed by atoms with Gasteiger partial charge in [0.15, 0.2) is 5.82 Å². The first kappa shape index (κ1) is 20.3. The van der Waals surface area contributed by atoms with Gasteiger partial charge in [-0.15, -0.1) is 10.2 Å². The van der Waals surface area contributed by atoms with Crippen LogP contribution < -0.4 is 4.72 Å². The number of aromatic nitrogens is 3. The largest absolute Gasteiger partial charge is 0.312 e. The van der Waals surface area contributed by atoms with E-state index in [2.05, 4.69) is 24.4 Å². The van der Waals surface area contributed by atoms with Crippen molar-refractivity contribution in [3.8, 4) is 0 Å². The summed E-state index contributed by atoms with van der Waals surface area (Å²) in [4.78, 5) is 2.34. The SMILES string of the molecule is CC(C)C(NS(C)(=O)=O)c1nnc2n1CCN(Cc1ccccc1Cl)CC2. The second-order valence-electron chi connectivity index (χ2n) is 7.36. The minimum Gasteiger partial charge on any atom is -0.312 e. The van der Waals surface area contributed by atoms with Crippen molar-refractivity contribution in [2.24, 2.45) is 5.92 Å². The molecule has 0 spiro atoms. The highest BCUT2D eigenvalue weighted by Gasteiger charge is 2.28. The van der Waals surface area contributed by atoms with Crippen LogP contribution in [0, 0.1) is 5.92 Å². The lowest BCUT2D eigenvalue weighted by molar-refractivity contribution is 0.269. The number of fused-ring (bicyclic) bond motifs is 1. The number of benzene rings is 1. The number of halogens is 1. The van der Waals surface area contributed by atoms with Gasteiger partial charge in [0.2, 0.25) is 10.0 Å². The van der Waals surface area contributed by atoms with E-state index in [1.165, 1.54) is 6.26 Å². The molecular weight excluding hydrogens is 386 g/mol. The summed E-state index contributed by atoms with van der Waals surface area (Å²) in [5.74, 6) is 1.65. The lowest BCUT2D eigenvalue weighted by Gasteiger charge is -2.23. The van der Waals surface area contributed by atoms with E-state index in [-0.39, 0.29) is 5.92 Å². The smallest absolute Gasteiger partial charge is 0.209 e. The summed E-state index contributed by atoms with van der Waals surface area (Å²) in [6, 6.07) is 7.49. The molecule has 0 amide bonds. The van der Waals surface area contributed by atoms with Crippen molar-refractivity contribution in [1.29, 1.82) is 0 Å². The van der Waals surface area contributed by atoms with Gasteiger partial charge in [-0.1, -0.05) is 43.6 Å². The standard InChI is InChI=1S/C18H26ClN5O2S/c1-13(2)17(22-27(3,25)26)18-21-20-16-8-9-23(10-11-24(16)18)12-14-6-4-5-7-15(14)19/h4-7,13,17,22H,8-12H2,1-3H3. The van der Waals surface area contributed by atoms with Gasteiger partial charge in [-0.3, -0.25) is 4.90 Å². The van der Waals surface area contributed by atoms with Gasteiger partial charge >= 0.3 is 0 Å². The minimum absolute atomic E-state index is 0.0653. The van der Waals surface area contributed by atoms with Gasteiger partial charge in [0.25, 0.3) is 0 Å². The monoisotopic (exact) mass is 411 g/mol. The summed E-state index contributed by atoms with van der Waals surface area (Å²) in [5, 5.41) is 9.43. The normalized spacial score (nSPS) is 16.9. The molecule has 148 valence electrons. The van der Waals surface area contributed by atoms with E-state index in [4.69, 9.17) is 11.6 Å². The molecule has 1 unspecified atom stereocenters. The highest BCUT2D eigenvalue weighted by molar-refractivity contribution is 7.88. The molecule has 2 heterocycles. The Morgan fingerprint density at radius 3 is 2.59 bits per heavy atom. The Hall–Kier alpha value is -1.48. The predicted octanol–water partition coefficient (Wildman–Crippen LogP) is 2.24. The average molecular weight is 412 g/mol. The van der Waals surface area contributed by atoms with Crippen LogP contribution in [0.25, 0.3) is 0 Å². The summed E-state index contributed by atoms with van der Waals surface area (Å²) in [7, 11) is -3.34. The zero-order chi connectivity index (χ0) is 19.6. The molecule has 1 aliphatic heterocycles. The van der Waals surface area contributed by atoms with Crippen LogP contribution in [-0.4, -0.2) is 47.4 Å². The van der Waals surface area contributed by atoms with Gasteiger partial charge in [-0.2, -0.15) is 0 Å². The molecule has 1 atom stereocenters. The van der Waals surface area contributed by atoms with Gasteiger partial charge < -0.3 is 4.57 Å². The number of hydrogen-bond donors (Lipinski definition) is 1. The third-order valence-electron chi connectivity index (χ3n) is 4.79. The van der Waals surface area contributed by atoms with Gasteiger partial charge in [0.05, 0.1) is 12.3 Å². The van der Waals surface area contributed by atoms with Gasteiger partial charge in [0.1, 0.15) is 5.82 Å². The van der Waals surface area contributed by atoms with Crippen LogP contribution in [-0.2, 0) is 29.5 Å². The highest BCUT2D eigenvalue weighted by atomic mass is 35.5. The first-order chi connectivity index (χ1) is 12.7. The van der Waals surface area contributed by atoms with Crippen LogP contribution >= 0.6 is 11.6 Å². The molecule has 1 aliphatic rings. The highest BCUT2D eigenvalue weighted by Crippen LogP contribution is 2.24. The van der Waals surface area contributed by atoms with Crippen LogP contribution in [0.15, 0.2) is 24.3 Å². The van der Waals surface area contributed by atoms with Crippen molar-refractivity contribution >= 4 is 21.6 Å². The zero-order valence-corrected chi connectivity index (χ0v) is 17.5. The molecule has 0 bridgehead atoms. The Morgan fingerprint density at radius 1 is 1.19 bits per heavy atom. The van der Waals surface area contributed by atoms with Crippen LogP contribution in [0.5, 0.6) is 0 Å². The maximum absolute atomic E-state index is 11.8. The molecule has 1 aromatic heterocycles. The molecule has 2 aromatic rings. The summed E-state index contributed by atoms with van der Waals surface area (Å²) in [6.45, 7) is 7.14. The first-order valence-electron chi connectivity index (χ1n) is 9.09. The number of hydrogen-bond acceptors (Lipinski definition) is 5. The molecule has 27 heavy (non-hydrogen) atoms. The molecule has 1 N–H and O–H groups in total. The van der Waals surface area contributed by atoms with Crippen LogP contribution in [0.3, 0.4) is 0 Å². The van der Waals surface area contributed by atoms with Gasteiger partial charge in [0, 0.05) is 37.6 Å². The van der Waals surface area contributed by atoms with E-state index >= 15 is 0 Å². The van der Waals surface area contributed by atoms with Crippen molar-refractivity contribution in [2.75, 3.05) is 19.3 Å². The number of nitrogens with zero attached hydrogens (tertiary/aromatic N) is 4. The minimum atomic E-state index is -3.34. The topological polar surface area (TPSA) is 80.1 Å². The van der Waals surface area contributed by atoms with Gasteiger partial charge in [-0.05, 0) is 17.5 Å². The third kappa shape index (κ3) is 5.07. The van der Waals surface area contributed by atoms with E-state index < -0.39 is 16.1 Å². The lowest BCUT2D eigenvalue weighted by Crippen LogP contribution is -2.33. The molecule has 0 radical (unpaired) electrons. The Bertz CT molecular complexity index is 897. The molecule has 3 rings (SSSR count). The molecule has 7 nitrogen and oxygen atoms in total. The van der Waals surface area contributed by atoms with E-state index in [1.807, 2.05) is 38.1 Å². The fourth-order valence-electron chi connectivity index (χ4n) is 3.36. The number of nitrogens with one attached hydrogen (secondary N) is 1.